The summed E-state index contributed by atoms with van der Waals surface area (Å²) >= 11 is 3.49. The Hall–Kier alpha value is -2.60. The van der Waals surface area contributed by atoms with Crippen molar-refractivity contribution in [3.63, 3.8) is 0 Å². The first-order chi connectivity index (χ1) is 12.0. The van der Waals surface area contributed by atoms with E-state index in [2.05, 4.69) is 15.9 Å². The zero-order chi connectivity index (χ0) is 18.0. The fourth-order valence-corrected chi connectivity index (χ4v) is 3.64. The van der Waals surface area contributed by atoms with Crippen LogP contribution in [0.5, 0.6) is 0 Å². The van der Waals surface area contributed by atoms with Gasteiger partial charge in [-0.3, -0.25) is 9.69 Å². The minimum absolute atomic E-state index is 0.603. The van der Waals surface area contributed by atoms with E-state index in [1.165, 1.54) is 12.0 Å². The summed E-state index contributed by atoms with van der Waals surface area (Å²) in [6.45, 7) is 0. The predicted octanol–water partition coefficient (Wildman–Crippen LogP) is 4.41. The Morgan fingerprint density at radius 2 is 1.88 bits per heavy atom. The Morgan fingerprint density at radius 1 is 1.16 bits per heavy atom. The lowest BCUT2D eigenvalue weighted by Gasteiger charge is -2.36. The summed E-state index contributed by atoms with van der Waals surface area (Å²) in [6.07, 6.45) is 2.74. The van der Waals surface area contributed by atoms with Gasteiger partial charge in [0, 0.05) is 10.7 Å². The van der Waals surface area contributed by atoms with Gasteiger partial charge in [0.05, 0.1) is 13.2 Å². The molecule has 1 aliphatic rings. The number of amides is 1. The van der Waals surface area contributed by atoms with Gasteiger partial charge in [0.1, 0.15) is 5.92 Å². The molecule has 5 nitrogen and oxygen atoms in total. The highest BCUT2D eigenvalue weighted by molar-refractivity contribution is 9.10. The van der Waals surface area contributed by atoms with E-state index in [4.69, 9.17) is 4.74 Å². The molecule has 0 aliphatic carbocycles. The number of hydrogen-bond acceptors (Lipinski definition) is 3. The first kappa shape index (κ1) is 17.2. The molecule has 0 saturated heterocycles. The molecule has 25 heavy (non-hydrogen) atoms. The number of methoxy groups -OCH3 is 1. The van der Waals surface area contributed by atoms with E-state index in [1.54, 1.807) is 36.5 Å². The maximum atomic E-state index is 12.3. The van der Waals surface area contributed by atoms with E-state index >= 15 is 0 Å². The first-order valence-electron chi connectivity index (χ1n) is 7.65. The largest absolute Gasteiger partial charge is 0.481 e. The highest BCUT2D eigenvalue weighted by atomic mass is 79.9. The third kappa shape index (κ3) is 3.17. The van der Waals surface area contributed by atoms with Crippen molar-refractivity contribution in [2.45, 2.75) is 12.0 Å². The Balaban J connectivity index is 2.20. The first-order valence-corrected chi connectivity index (χ1v) is 8.44. The van der Waals surface area contributed by atoms with Crippen molar-refractivity contribution in [1.82, 2.24) is 4.90 Å². The topological polar surface area (TPSA) is 66.8 Å². The van der Waals surface area contributed by atoms with Crippen LogP contribution in [0.4, 0.5) is 4.79 Å². The van der Waals surface area contributed by atoms with Gasteiger partial charge in [0.15, 0.2) is 0 Å². The Kier molecular flexibility index (Phi) is 4.90. The van der Waals surface area contributed by atoms with Gasteiger partial charge in [0.25, 0.3) is 0 Å². The molecular formula is C19H16BrNO4. The van der Waals surface area contributed by atoms with Crippen LogP contribution in [0.3, 0.4) is 0 Å². The molecular weight excluding hydrogens is 386 g/mol. The SMILES string of the molecule is COC(=O)N1C=Cc2c(Br)cccc2[C@@H]1[C@H](C(=O)O)c1ccccc1. The van der Waals surface area contributed by atoms with Gasteiger partial charge in [0.2, 0.25) is 0 Å². The van der Waals surface area contributed by atoms with Crippen molar-refractivity contribution in [2.24, 2.45) is 0 Å². The maximum Gasteiger partial charge on any atom is 0.414 e. The number of hydrogen-bond donors (Lipinski definition) is 1. The second kappa shape index (κ2) is 7.11. The normalized spacial score (nSPS) is 16.9. The van der Waals surface area contributed by atoms with Crippen LogP contribution in [0.25, 0.3) is 6.08 Å². The average Bonchev–Trinajstić information content (AvgIpc) is 2.62. The Bertz CT molecular complexity index is 835. The van der Waals surface area contributed by atoms with Gasteiger partial charge in [-0.05, 0) is 28.8 Å². The number of rotatable bonds is 3. The molecule has 0 spiro atoms. The van der Waals surface area contributed by atoms with Crippen molar-refractivity contribution < 1.29 is 19.4 Å². The molecule has 1 heterocycles. The number of carbonyl (C=O) groups excluding carboxylic acids is 1. The molecule has 6 heteroatoms. The minimum Gasteiger partial charge on any atom is -0.481 e. The number of carbonyl (C=O) groups is 2. The van der Waals surface area contributed by atoms with E-state index in [0.717, 1.165) is 15.6 Å². The highest BCUT2D eigenvalue weighted by Crippen LogP contribution is 2.43. The minimum atomic E-state index is -1.01. The maximum absolute atomic E-state index is 12.3. The molecule has 0 saturated carbocycles. The van der Waals surface area contributed by atoms with Crippen molar-refractivity contribution >= 4 is 34.1 Å². The Labute approximate surface area is 153 Å². The van der Waals surface area contributed by atoms with E-state index in [1.807, 2.05) is 24.3 Å². The van der Waals surface area contributed by atoms with Gasteiger partial charge in [-0.15, -0.1) is 0 Å². The second-order valence-electron chi connectivity index (χ2n) is 5.61. The summed E-state index contributed by atoms with van der Waals surface area (Å²) in [5, 5.41) is 9.93. The number of fused-ring (bicyclic) bond motifs is 1. The molecule has 2 aromatic rings. The third-order valence-corrected chi connectivity index (χ3v) is 4.92. The molecule has 128 valence electrons. The quantitative estimate of drug-likeness (QED) is 0.826. The van der Waals surface area contributed by atoms with E-state index in [-0.39, 0.29) is 0 Å². The molecule has 1 N–H and O–H groups in total. The molecule has 2 atom stereocenters. The van der Waals surface area contributed by atoms with E-state index in [0.29, 0.717) is 5.56 Å². The lowest BCUT2D eigenvalue weighted by molar-refractivity contribution is -0.140. The Morgan fingerprint density at radius 3 is 2.52 bits per heavy atom. The molecule has 0 aromatic heterocycles. The van der Waals surface area contributed by atoms with Crippen LogP contribution in [0.15, 0.2) is 59.2 Å². The summed E-state index contributed by atoms with van der Waals surface area (Å²) in [6, 6.07) is 13.7. The number of aliphatic carboxylic acids is 1. The number of benzene rings is 2. The van der Waals surface area contributed by atoms with E-state index < -0.39 is 24.0 Å². The number of nitrogens with zero attached hydrogens (tertiary/aromatic N) is 1. The fraction of sp³-hybridized carbons (Fsp3) is 0.158. The standard InChI is InChI=1S/C19H16BrNO4/c1-25-19(24)21-11-10-13-14(8-5-9-15(13)20)17(21)16(18(22)23)12-6-3-2-4-7-12/h2-11,16-17H,1H3,(H,22,23)/t16-,17-/m1/s1. The van der Waals surface area contributed by atoms with Crippen molar-refractivity contribution in [3.8, 4) is 0 Å². The van der Waals surface area contributed by atoms with Gasteiger partial charge in [-0.2, -0.15) is 0 Å². The molecule has 1 aliphatic heterocycles. The van der Waals surface area contributed by atoms with E-state index in [9.17, 15) is 14.7 Å². The molecule has 0 unspecified atom stereocenters. The summed E-state index contributed by atoms with van der Waals surface area (Å²) < 4.78 is 5.70. The van der Waals surface area contributed by atoms with Crippen LogP contribution >= 0.6 is 15.9 Å². The molecule has 0 fully saturated rings. The number of carboxylic acids is 1. The van der Waals surface area contributed by atoms with Gasteiger partial charge in [-0.1, -0.05) is 58.4 Å². The predicted molar refractivity (Wildman–Crippen MR) is 97.0 cm³/mol. The monoisotopic (exact) mass is 401 g/mol. The van der Waals surface area contributed by atoms with Crippen molar-refractivity contribution in [3.05, 3.63) is 75.9 Å². The zero-order valence-corrected chi connectivity index (χ0v) is 15.0. The van der Waals surface area contributed by atoms with Crippen LogP contribution in [0.2, 0.25) is 0 Å². The van der Waals surface area contributed by atoms with Crippen LogP contribution in [-0.2, 0) is 9.53 Å². The molecule has 3 rings (SSSR count). The summed E-state index contributed by atoms with van der Waals surface area (Å²) in [4.78, 5) is 25.7. The van der Waals surface area contributed by atoms with Gasteiger partial charge >= 0.3 is 12.1 Å². The third-order valence-electron chi connectivity index (χ3n) is 4.23. The van der Waals surface area contributed by atoms with Crippen molar-refractivity contribution in [2.75, 3.05) is 7.11 Å². The number of carboxylic acid groups (broad SMARTS) is 1. The number of ether oxygens (including phenoxy) is 1. The van der Waals surface area contributed by atoms with Gasteiger partial charge < -0.3 is 9.84 Å². The lowest BCUT2D eigenvalue weighted by atomic mass is 9.83. The van der Waals surface area contributed by atoms with Crippen LogP contribution in [0, 0.1) is 0 Å². The second-order valence-corrected chi connectivity index (χ2v) is 6.46. The summed E-state index contributed by atoms with van der Waals surface area (Å²) in [5.74, 6) is -1.94. The summed E-state index contributed by atoms with van der Waals surface area (Å²) in [5.41, 5.74) is 2.23. The van der Waals surface area contributed by atoms with Crippen LogP contribution in [-0.4, -0.2) is 29.2 Å². The van der Waals surface area contributed by atoms with Crippen LogP contribution < -0.4 is 0 Å². The zero-order valence-electron chi connectivity index (χ0n) is 13.4. The molecule has 0 radical (unpaired) electrons. The number of halogens is 1. The average molecular weight is 402 g/mol. The highest BCUT2D eigenvalue weighted by Gasteiger charge is 2.40. The molecule has 1 amide bonds. The molecule has 0 bridgehead atoms. The van der Waals surface area contributed by atoms with Crippen LogP contribution in [0.1, 0.15) is 28.7 Å². The summed E-state index contributed by atoms with van der Waals surface area (Å²) in [7, 11) is 1.28. The van der Waals surface area contributed by atoms with Gasteiger partial charge in [-0.25, -0.2) is 4.79 Å². The smallest absolute Gasteiger partial charge is 0.414 e. The lowest BCUT2D eigenvalue weighted by Crippen LogP contribution is -2.38. The molecule has 2 aromatic carbocycles. The van der Waals surface area contributed by atoms with Crippen molar-refractivity contribution in [1.29, 1.82) is 0 Å². The fourth-order valence-electron chi connectivity index (χ4n) is 3.13.